The van der Waals surface area contributed by atoms with Gasteiger partial charge in [0.15, 0.2) is 5.13 Å². The molecule has 0 bridgehead atoms. The number of hydrogen-bond donors (Lipinski definition) is 1. The minimum atomic E-state index is -0.407. The van der Waals surface area contributed by atoms with Gasteiger partial charge in [0.25, 0.3) is 0 Å². The number of aromatic nitrogens is 2. The number of rotatable bonds is 7. The first kappa shape index (κ1) is 22.2. The lowest BCUT2D eigenvalue weighted by Gasteiger charge is -2.36. The largest absolute Gasteiger partial charge is 0.446 e. The molecule has 3 atom stereocenters. The van der Waals surface area contributed by atoms with Gasteiger partial charge in [-0.25, -0.2) is 14.8 Å². The van der Waals surface area contributed by atoms with Crippen molar-refractivity contribution < 1.29 is 13.9 Å². The van der Waals surface area contributed by atoms with Crippen LogP contribution in [0.1, 0.15) is 71.5 Å². The molecule has 0 radical (unpaired) electrons. The van der Waals surface area contributed by atoms with Gasteiger partial charge in [-0.3, -0.25) is 5.32 Å². The van der Waals surface area contributed by atoms with Crippen LogP contribution in [0.2, 0.25) is 0 Å². The summed E-state index contributed by atoms with van der Waals surface area (Å²) in [6, 6.07) is 0. The first-order valence-corrected chi connectivity index (χ1v) is 12.1. The highest BCUT2D eigenvalue weighted by molar-refractivity contribution is 8.00. The summed E-state index contributed by atoms with van der Waals surface area (Å²) >= 11 is 3.03. The van der Waals surface area contributed by atoms with Crippen molar-refractivity contribution in [3.05, 3.63) is 24.0 Å². The van der Waals surface area contributed by atoms with Crippen LogP contribution >= 0.6 is 23.1 Å². The van der Waals surface area contributed by atoms with Crippen LogP contribution in [0.4, 0.5) is 9.93 Å². The Morgan fingerprint density at radius 3 is 2.79 bits per heavy atom. The zero-order valence-electron chi connectivity index (χ0n) is 17.8. The fraction of sp³-hybridized carbons (Fsp3) is 0.667. The van der Waals surface area contributed by atoms with Crippen molar-refractivity contribution >= 4 is 34.3 Å². The van der Waals surface area contributed by atoms with Gasteiger partial charge in [0.2, 0.25) is 5.89 Å². The van der Waals surface area contributed by atoms with Crippen LogP contribution in [0, 0.1) is 17.8 Å². The van der Waals surface area contributed by atoms with Gasteiger partial charge >= 0.3 is 6.09 Å². The van der Waals surface area contributed by atoms with Gasteiger partial charge in [0.1, 0.15) is 11.9 Å². The number of ether oxygens (including phenoxy) is 1. The minimum absolute atomic E-state index is 0.0206. The molecule has 0 aromatic carbocycles. The van der Waals surface area contributed by atoms with Gasteiger partial charge in [0.05, 0.1) is 22.4 Å². The van der Waals surface area contributed by atoms with E-state index in [0.717, 1.165) is 22.8 Å². The van der Waals surface area contributed by atoms with Crippen LogP contribution < -0.4 is 5.32 Å². The van der Waals surface area contributed by atoms with Gasteiger partial charge < -0.3 is 9.15 Å². The number of carbonyl (C=O) groups excluding carboxylic acids is 1. The highest BCUT2D eigenvalue weighted by Crippen LogP contribution is 2.36. The average molecular weight is 438 g/mol. The van der Waals surface area contributed by atoms with Crippen molar-refractivity contribution in [1.29, 1.82) is 0 Å². The Labute approximate surface area is 181 Å². The van der Waals surface area contributed by atoms with Gasteiger partial charge in [0, 0.05) is 5.92 Å². The number of anilines is 1. The van der Waals surface area contributed by atoms with Crippen LogP contribution in [0.3, 0.4) is 0 Å². The Morgan fingerprint density at radius 2 is 2.10 bits per heavy atom. The lowest BCUT2D eigenvalue weighted by Crippen LogP contribution is -2.36. The van der Waals surface area contributed by atoms with Gasteiger partial charge in [-0.15, -0.1) is 11.8 Å². The molecule has 1 saturated carbocycles. The Kier molecular flexibility index (Phi) is 7.62. The third kappa shape index (κ3) is 6.22. The normalized spacial score (nSPS) is 22.2. The van der Waals surface area contributed by atoms with Crippen LogP contribution in [0.15, 0.2) is 21.0 Å². The van der Waals surface area contributed by atoms with E-state index in [4.69, 9.17) is 9.15 Å². The van der Waals surface area contributed by atoms with E-state index >= 15 is 0 Å². The lowest BCUT2D eigenvalue weighted by molar-refractivity contribution is 0.0126. The van der Waals surface area contributed by atoms with Crippen LogP contribution in [-0.4, -0.2) is 22.2 Å². The van der Waals surface area contributed by atoms with Crippen molar-refractivity contribution in [2.45, 2.75) is 75.9 Å². The molecule has 8 heteroatoms. The molecule has 0 spiro atoms. The number of thiazole rings is 1. The Bertz CT molecular complexity index is 803. The molecule has 3 rings (SSSR count). The molecule has 1 amide bonds. The summed E-state index contributed by atoms with van der Waals surface area (Å²) in [5, 5.41) is 3.35. The predicted molar refractivity (Wildman–Crippen MR) is 118 cm³/mol. The lowest BCUT2D eigenvalue weighted by atomic mass is 9.75. The molecule has 1 fully saturated rings. The monoisotopic (exact) mass is 437 g/mol. The van der Waals surface area contributed by atoms with Crippen molar-refractivity contribution in [2.24, 2.45) is 17.8 Å². The van der Waals surface area contributed by atoms with E-state index in [2.05, 4.69) is 49.9 Å². The van der Waals surface area contributed by atoms with E-state index < -0.39 is 6.09 Å². The van der Waals surface area contributed by atoms with Crippen LogP contribution in [-0.2, 0) is 10.5 Å². The molecule has 2 heterocycles. The molecule has 6 nitrogen and oxygen atoms in total. The molecule has 160 valence electrons. The van der Waals surface area contributed by atoms with E-state index in [1.807, 2.05) is 0 Å². The second-order valence-electron chi connectivity index (χ2n) is 8.48. The molecular weight excluding hydrogens is 406 g/mol. The van der Waals surface area contributed by atoms with Gasteiger partial charge in [-0.05, 0) is 30.6 Å². The maximum atomic E-state index is 12.4. The maximum Gasteiger partial charge on any atom is 0.413 e. The predicted octanol–water partition coefficient (Wildman–Crippen LogP) is 6.56. The third-order valence-corrected chi connectivity index (χ3v) is 7.48. The first-order valence-electron chi connectivity index (χ1n) is 10.3. The Hall–Kier alpha value is -1.54. The summed E-state index contributed by atoms with van der Waals surface area (Å²) in [4.78, 5) is 21.0. The summed E-state index contributed by atoms with van der Waals surface area (Å²) in [6.45, 7) is 10.8. The number of oxazole rings is 1. The van der Waals surface area contributed by atoms with Gasteiger partial charge in [-0.1, -0.05) is 52.4 Å². The van der Waals surface area contributed by atoms with E-state index in [9.17, 15) is 4.79 Å². The molecule has 1 aliphatic carbocycles. The van der Waals surface area contributed by atoms with Crippen molar-refractivity contribution in [3.63, 3.8) is 0 Å². The van der Waals surface area contributed by atoms with Crippen LogP contribution in [0.5, 0.6) is 0 Å². The molecule has 0 aliphatic heterocycles. The topological polar surface area (TPSA) is 77.2 Å². The third-order valence-electron chi connectivity index (χ3n) is 5.39. The number of amides is 1. The van der Waals surface area contributed by atoms with Crippen LogP contribution in [0.25, 0.3) is 0 Å². The molecule has 0 unspecified atom stereocenters. The standard InChI is InChI=1S/C21H31N3O3S2/c1-12(2)15-7-6-14(5)8-16(15)27-21(25)24-20-23-10-19(29-20)28-11-18-22-9-17(26-18)13(3)4/h9-10,12-16H,6-8,11H2,1-5H3,(H,23,24,25)/t14-,15+,16-/m1/s1. The molecule has 2 aromatic heterocycles. The maximum absolute atomic E-state index is 12.4. The van der Waals surface area contributed by atoms with E-state index in [1.54, 1.807) is 24.2 Å². The highest BCUT2D eigenvalue weighted by atomic mass is 32.2. The number of hydrogen-bond acceptors (Lipinski definition) is 7. The first-order chi connectivity index (χ1) is 13.8. The molecular formula is C21H31N3O3S2. The van der Waals surface area contributed by atoms with Gasteiger partial charge in [-0.2, -0.15) is 0 Å². The van der Waals surface area contributed by atoms with Crippen molar-refractivity contribution in [1.82, 2.24) is 9.97 Å². The average Bonchev–Trinajstić information content (AvgIpc) is 3.29. The zero-order valence-corrected chi connectivity index (χ0v) is 19.4. The smallest absolute Gasteiger partial charge is 0.413 e. The zero-order chi connectivity index (χ0) is 21.0. The van der Waals surface area contributed by atoms with Crippen molar-refractivity contribution in [2.75, 3.05) is 5.32 Å². The summed E-state index contributed by atoms with van der Waals surface area (Å²) in [5.41, 5.74) is 0. The SMILES string of the molecule is CC(C)c1cnc(CSc2cnc(NC(=O)O[C@@H]3C[C@H](C)CC[C@H]3C(C)C)s2)o1. The van der Waals surface area contributed by atoms with E-state index in [1.165, 1.54) is 17.8 Å². The molecule has 0 saturated heterocycles. The van der Waals surface area contributed by atoms with E-state index in [-0.39, 0.29) is 6.10 Å². The number of carbonyl (C=O) groups is 1. The fourth-order valence-electron chi connectivity index (χ4n) is 3.68. The Balaban J connectivity index is 1.50. The second kappa shape index (κ2) is 9.98. The number of nitrogens with one attached hydrogen (secondary N) is 1. The molecule has 29 heavy (non-hydrogen) atoms. The summed E-state index contributed by atoms with van der Waals surface area (Å²) < 4.78 is 12.5. The Morgan fingerprint density at radius 1 is 1.31 bits per heavy atom. The minimum Gasteiger partial charge on any atom is -0.446 e. The summed E-state index contributed by atoms with van der Waals surface area (Å²) in [7, 11) is 0. The molecule has 1 aliphatic rings. The van der Waals surface area contributed by atoms with E-state index in [0.29, 0.717) is 40.4 Å². The molecule has 2 aromatic rings. The summed E-state index contributed by atoms with van der Waals surface area (Å²) in [5.74, 6) is 4.09. The van der Waals surface area contributed by atoms with Crippen molar-refractivity contribution in [3.8, 4) is 0 Å². The quantitative estimate of drug-likeness (QED) is 0.495. The molecule has 1 N–H and O–H groups in total. The summed E-state index contributed by atoms with van der Waals surface area (Å²) in [6.07, 6.45) is 6.38. The number of nitrogens with zero attached hydrogens (tertiary/aromatic N) is 2. The second-order valence-corrected chi connectivity index (χ2v) is 10.8. The highest BCUT2D eigenvalue weighted by Gasteiger charge is 2.33. The number of thioether (sulfide) groups is 1. The fourth-order valence-corrected chi connectivity index (χ4v) is 5.39.